The van der Waals surface area contributed by atoms with Crippen LogP contribution >= 0.6 is 0 Å². The van der Waals surface area contributed by atoms with Gasteiger partial charge in [-0.05, 0) is 77.2 Å². The standard InChI is InChI=1S/C22H34N4O2/c1-17-20(7-4-12-23-17)22(28)26-13-5-6-18(16-26)8-9-21(27)25(3)19-10-14-24(2)15-11-19/h4,7,12,18-19H,5-6,8-11,13-16H2,1-3H3/t18-/m1/s1. The van der Waals surface area contributed by atoms with Gasteiger partial charge in [-0.3, -0.25) is 14.6 Å². The van der Waals surface area contributed by atoms with Crippen molar-refractivity contribution in [3.63, 3.8) is 0 Å². The third-order valence-corrected chi connectivity index (χ3v) is 6.44. The third-order valence-electron chi connectivity index (χ3n) is 6.44. The van der Waals surface area contributed by atoms with Crippen molar-refractivity contribution in [2.45, 2.75) is 51.5 Å². The Morgan fingerprint density at radius 3 is 2.68 bits per heavy atom. The van der Waals surface area contributed by atoms with Crippen LogP contribution in [-0.2, 0) is 4.79 Å². The van der Waals surface area contributed by atoms with Crippen molar-refractivity contribution in [3.8, 4) is 0 Å². The summed E-state index contributed by atoms with van der Waals surface area (Å²) in [4.78, 5) is 36.0. The van der Waals surface area contributed by atoms with Crippen molar-refractivity contribution in [2.24, 2.45) is 5.92 Å². The van der Waals surface area contributed by atoms with E-state index in [1.165, 1.54) is 0 Å². The molecule has 6 heteroatoms. The zero-order chi connectivity index (χ0) is 20.1. The van der Waals surface area contributed by atoms with E-state index in [0.29, 0.717) is 23.9 Å². The van der Waals surface area contributed by atoms with Crippen molar-refractivity contribution < 1.29 is 9.59 Å². The molecule has 3 heterocycles. The van der Waals surface area contributed by atoms with E-state index in [0.717, 1.165) is 64.0 Å². The van der Waals surface area contributed by atoms with Crippen LogP contribution in [0.3, 0.4) is 0 Å². The SMILES string of the molecule is Cc1ncccc1C(=O)N1CCC[C@H](CCC(=O)N(C)C2CCN(C)CC2)C1. The normalized spacial score (nSPS) is 21.5. The zero-order valence-corrected chi connectivity index (χ0v) is 17.6. The molecule has 2 amide bonds. The highest BCUT2D eigenvalue weighted by molar-refractivity contribution is 5.95. The van der Waals surface area contributed by atoms with Crippen LogP contribution in [0.2, 0.25) is 0 Å². The fourth-order valence-electron chi connectivity index (χ4n) is 4.46. The smallest absolute Gasteiger partial charge is 0.255 e. The molecule has 1 aromatic heterocycles. The molecule has 0 N–H and O–H groups in total. The number of likely N-dealkylation sites (tertiary alicyclic amines) is 2. The molecule has 2 aliphatic rings. The van der Waals surface area contributed by atoms with Crippen LogP contribution in [0, 0.1) is 12.8 Å². The highest BCUT2D eigenvalue weighted by Gasteiger charge is 2.28. The average molecular weight is 387 g/mol. The molecule has 0 bridgehead atoms. The number of hydrogen-bond acceptors (Lipinski definition) is 4. The maximum atomic E-state index is 12.9. The van der Waals surface area contributed by atoms with Gasteiger partial charge in [-0.2, -0.15) is 0 Å². The molecule has 1 aromatic rings. The third kappa shape index (κ3) is 5.10. The molecule has 0 saturated carbocycles. The minimum Gasteiger partial charge on any atom is -0.343 e. The fraction of sp³-hybridized carbons (Fsp3) is 0.682. The Morgan fingerprint density at radius 1 is 1.21 bits per heavy atom. The Bertz CT molecular complexity index is 685. The van der Waals surface area contributed by atoms with Gasteiger partial charge in [0, 0.05) is 44.5 Å². The molecule has 2 aliphatic heterocycles. The van der Waals surface area contributed by atoms with Gasteiger partial charge in [0.15, 0.2) is 0 Å². The number of rotatable bonds is 5. The lowest BCUT2D eigenvalue weighted by Crippen LogP contribution is -2.45. The van der Waals surface area contributed by atoms with Crippen molar-refractivity contribution in [1.82, 2.24) is 19.7 Å². The summed E-state index contributed by atoms with van der Waals surface area (Å²) in [5.74, 6) is 0.732. The molecule has 28 heavy (non-hydrogen) atoms. The zero-order valence-electron chi connectivity index (χ0n) is 17.6. The van der Waals surface area contributed by atoms with Crippen molar-refractivity contribution in [3.05, 3.63) is 29.6 Å². The van der Waals surface area contributed by atoms with E-state index in [-0.39, 0.29) is 11.8 Å². The van der Waals surface area contributed by atoms with Crippen molar-refractivity contribution in [2.75, 3.05) is 40.3 Å². The predicted molar refractivity (Wildman–Crippen MR) is 110 cm³/mol. The molecular formula is C22H34N4O2. The van der Waals surface area contributed by atoms with Gasteiger partial charge in [0.1, 0.15) is 0 Å². The lowest BCUT2D eigenvalue weighted by atomic mass is 9.92. The maximum absolute atomic E-state index is 12.9. The van der Waals surface area contributed by atoms with Gasteiger partial charge in [-0.25, -0.2) is 0 Å². The predicted octanol–water partition coefficient (Wildman–Crippen LogP) is 2.58. The molecule has 0 unspecified atom stereocenters. The summed E-state index contributed by atoms with van der Waals surface area (Å²) in [5.41, 5.74) is 1.48. The number of pyridine rings is 1. The molecule has 2 fully saturated rings. The highest BCUT2D eigenvalue weighted by Crippen LogP contribution is 2.24. The van der Waals surface area contributed by atoms with E-state index in [1.807, 2.05) is 35.9 Å². The topological polar surface area (TPSA) is 56.8 Å². The second kappa shape index (κ2) is 9.50. The minimum absolute atomic E-state index is 0.0741. The molecule has 154 valence electrons. The second-order valence-corrected chi connectivity index (χ2v) is 8.47. The number of hydrogen-bond donors (Lipinski definition) is 0. The fourth-order valence-corrected chi connectivity index (χ4v) is 4.46. The van der Waals surface area contributed by atoms with Crippen LogP contribution in [0.1, 0.15) is 54.6 Å². The first-order valence-corrected chi connectivity index (χ1v) is 10.6. The van der Waals surface area contributed by atoms with Gasteiger partial charge >= 0.3 is 0 Å². The molecule has 0 aliphatic carbocycles. The molecule has 0 radical (unpaired) electrons. The van der Waals surface area contributed by atoms with Crippen LogP contribution in [0.25, 0.3) is 0 Å². The number of amides is 2. The van der Waals surface area contributed by atoms with Crippen molar-refractivity contribution in [1.29, 1.82) is 0 Å². The summed E-state index contributed by atoms with van der Waals surface area (Å²) in [6.45, 7) is 5.56. The summed E-state index contributed by atoms with van der Waals surface area (Å²) >= 11 is 0. The van der Waals surface area contributed by atoms with Gasteiger partial charge in [0.25, 0.3) is 5.91 Å². The van der Waals surface area contributed by atoms with Gasteiger partial charge in [0.05, 0.1) is 5.56 Å². The number of nitrogens with zero attached hydrogens (tertiary/aromatic N) is 4. The Hall–Kier alpha value is -1.95. The molecule has 0 spiro atoms. The molecular weight excluding hydrogens is 352 g/mol. The maximum Gasteiger partial charge on any atom is 0.255 e. The number of carbonyl (C=O) groups is 2. The molecule has 6 nitrogen and oxygen atoms in total. The van der Waals surface area contributed by atoms with E-state index in [1.54, 1.807) is 6.20 Å². The summed E-state index contributed by atoms with van der Waals surface area (Å²) in [5, 5.41) is 0. The van der Waals surface area contributed by atoms with E-state index in [9.17, 15) is 9.59 Å². The van der Waals surface area contributed by atoms with Crippen LogP contribution in [-0.4, -0.2) is 77.8 Å². The number of aromatic nitrogens is 1. The van der Waals surface area contributed by atoms with E-state index < -0.39 is 0 Å². The summed E-state index contributed by atoms with van der Waals surface area (Å²) < 4.78 is 0. The van der Waals surface area contributed by atoms with Crippen LogP contribution in [0.4, 0.5) is 0 Å². The Morgan fingerprint density at radius 2 is 1.96 bits per heavy atom. The van der Waals surface area contributed by atoms with Gasteiger partial charge in [-0.15, -0.1) is 0 Å². The van der Waals surface area contributed by atoms with Gasteiger partial charge in [0.2, 0.25) is 5.91 Å². The Labute approximate surface area is 168 Å². The van der Waals surface area contributed by atoms with E-state index in [2.05, 4.69) is 16.9 Å². The largest absolute Gasteiger partial charge is 0.343 e. The van der Waals surface area contributed by atoms with E-state index in [4.69, 9.17) is 0 Å². The average Bonchev–Trinajstić information content (AvgIpc) is 2.72. The van der Waals surface area contributed by atoms with Crippen molar-refractivity contribution >= 4 is 11.8 Å². The second-order valence-electron chi connectivity index (χ2n) is 8.47. The lowest BCUT2D eigenvalue weighted by Gasteiger charge is -2.36. The summed E-state index contributed by atoms with van der Waals surface area (Å²) in [6.07, 6.45) is 7.41. The van der Waals surface area contributed by atoms with E-state index >= 15 is 0 Å². The molecule has 0 aromatic carbocycles. The number of carbonyl (C=O) groups excluding carboxylic acids is 2. The first kappa shape index (κ1) is 20.8. The number of piperidine rings is 2. The Balaban J connectivity index is 1.49. The molecule has 2 saturated heterocycles. The molecule has 1 atom stereocenters. The first-order chi connectivity index (χ1) is 13.5. The lowest BCUT2D eigenvalue weighted by molar-refractivity contribution is -0.133. The first-order valence-electron chi connectivity index (χ1n) is 10.6. The minimum atomic E-state index is 0.0741. The number of aryl methyl sites for hydroxylation is 1. The van der Waals surface area contributed by atoms with Crippen LogP contribution < -0.4 is 0 Å². The van der Waals surface area contributed by atoms with Crippen LogP contribution in [0.5, 0.6) is 0 Å². The van der Waals surface area contributed by atoms with Gasteiger partial charge < -0.3 is 14.7 Å². The Kier molecular flexibility index (Phi) is 7.05. The quantitative estimate of drug-likeness (QED) is 0.780. The highest BCUT2D eigenvalue weighted by atomic mass is 16.2. The van der Waals surface area contributed by atoms with Gasteiger partial charge in [-0.1, -0.05) is 0 Å². The molecule has 3 rings (SSSR count). The van der Waals surface area contributed by atoms with Crippen LogP contribution in [0.15, 0.2) is 18.3 Å². The monoisotopic (exact) mass is 386 g/mol. The summed E-state index contributed by atoms with van der Waals surface area (Å²) in [6, 6.07) is 4.05. The summed E-state index contributed by atoms with van der Waals surface area (Å²) in [7, 11) is 4.10.